The Morgan fingerprint density at radius 1 is 0.821 bits per heavy atom. The summed E-state index contributed by atoms with van der Waals surface area (Å²) < 4.78 is 0. The maximum absolute atomic E-state index is 12.7. The van der Waals surface area contributed by atoms with Crippen molar-refractivity contribution < 1.29 is 4.79 Å². The van der Waals surface area contributed by atoms with Gasteiger partial charge in [-0.25, -0.2) is 4.98 Å². The fraction of sp³-hybridized carbons (Fsp3) is 0.250. The van der Waals surface area contributed by atoms with Gasteiger partial charge in [0.2, 0.25) is 0 Å². The second kappa shape index (κ2) is 8.70. The Kier molecular flexibility index (Phi) is 5.66. The number of pyridine rings is 1. The van der Waals surface area contributed by atoms with Crippen molar-refractivity contribution in [1.29, 1.82) is 0 Å². The Bertz CT molecular complexity index is 888. The van der Waals surface area contributed by atoms with E-state index < -0.39 is 0 Å². The molecule has 1 aliphatic rings. The summed E-state index contributed by atoms with van der Waals surface area (Å²) in [7, 11) is 0. The number of likely N-dealkylation sites (tertiary alicyclic amines) is 1. The fourth-order valence-corrected chi connectivity index (χ4v) is 3.64. The van der Waals surface area contributed by atoms with Crippen molar-refractivity contribution in [1.82, 2.24) is 9.88 Å². The van der Waals surface area contributed by atoms with Gasteiger partial charge in [-0.05, 0) is 49.1 Å². The van der Waals surface area contributed by atoms with Gasteiger partial charge in [-0.15, -0.1) is 0 Å². The molecular weight excluding hydrogens is 346 g/mol. The summed E-state index contributed by atoms with van der Waals surface area (Å²) in [6, 6.07) is 24.5. The van der Waals surface area contributed by atoms with Crippen molar-refractivity contribution in [3.8, 4) is 0 Å². The van der Waals surface area contributed by atoms with Gasteiger partial charge in [-0.3, -0.25) is 4.79 Å². The Balaban J connectivity index is 1.58. The number of nitrogens with zero attached hydrogens (tertiary/aromatic N) is 3. The maximum atomic E-state index is 12.7. The minimum Gasteiger partial charge on any atom is -0.337 e. The summed E-state index contributed by atoms with van der Waals surface area (Å²) in [6.07, 6.45) is 5.19. The van der Waals surface area contributed by atoms with Gasteiger partial charge in [-0.1, -0.05) is 48.5 Å². The van der Waals surface area contributed by atoms with E-state index in [4.69, 9.17) is 0 Å². The van der Waals surface area contributed by atoms with E-state index in [2.05, 4.69) is 46.3 Å². The van der Waals surface area contributed by atoms with E-state index in [-0.39, 0.29) is 5.91 Å². The van der Waals surface area contributed by atoms with Gasteiger partial charge in [0, 0.05) is 25.3 Å². The predicted octanol–water partition coefficient (Wildman–Crippen LogP) is 5.05. The van der Waals surface area contributed by atoms with Gasteiger partial charge in [0.25, 0.3) is 5.91 Å². The van der Waals surface area contributed by atoms with Gasteiger partial charge in [0.05, 0.1) is 11.9 Å². The van der Waals surface area contributed by atoms with Crippen LogP contribution in [0.5, 0.6) is 0 Å². The molecule has 1 fully saturated rings. The van der Waals surface area contributed by atoms with Gasteiger partial charge < -0.3 is 9.80 Å². The molecule has 2 heterocycles. The number of hydrogen-bond donors (Lipinski definition) is 0. The van der Waals surface area contributed by atoms with E-state index in [1.54, 1.807) is 0 Å². The molecule has 4 heteroatoms. The highest BCUT2D eigenvalue weighted by molar-refractivity contribution is 5.92. The van der Waals surface area contributed by atoms with E-state index in [0.717, 1.165) is 43.9 Å². The van der Waals surface area contributed by atoms with Crippen LogP contribution in [0.25, 0.3) is 0 Å². The van der Waals surface area contributed by atoms with Crippen molar-refractivity contribution in [3.05, 3.63) is 90.3 Å². The van der Waals surface area contributed by atoms with Crippen LogP contribution < -0.4 is 4.90 Å². The van der Waals surface area contributed by atoms with Crippen LogP contribution in [0, 0.1) is 0 Å². The number of anilines is 2. The number of carbonyl (C=O) groups is 1. The summed E-state index contributed by atoms with van der Waals surface area (Å²) >= 11 is 0. The topological polar surface area (TPSA) is 36.4 Å². The summed E-state index contributed by atoms with van der Waals surface area (Å²) in [5.74, 6) is 0.0422. The quantitative estimate of drug-likeness (QED) is 0.630. The highest BCUT2D eigenvalue weighted by Crippen LogP contribution is 2.27. The molecule has 4 rings (SSSR count). The van der Waals surface area contributed by atoms with E-state index in [0.29, 0.717) is 5.69 Å². The fourth-order valence-electron chi connectivity index (χ4n) is 3.64. The molecule has 0 spiro atoms. The van der Waals surface area contributed by atoms with Gasteiger partial charge >= 0.3 is 0 Å². The molecule has 0 N–H and O–H groups in total. The largest absolute Gasteiger partial charge is 0.337 e. The van der Waals surface area contributed by atoms with Gasteiger partial charge in [0.1, 0.15) is 5.69 Å². The lowest BCUT2D eigenvalue weighted by molar-refractivity contribution is 0.0718. The first-order chi connectivity index (χ1) is 13.8. The smallest absolute Gasteiger partial charge is 0.272 e. The van der Waals surface area contributed by atoms with E-state index in [1.165, 1.54) is 12.0 Å². The molecule has 0 unspecified atom stereocenters. The van der Waals surface area contributed by atoms with Crippen LogP contribution in [-0.4, -0.2) is 28.9 Å². The number of rotatable bonds is 5. The van der Waals surface area contributed by atoms with Crippen molar-refractivity contribution in [2.24, 2.45) is 0 Å². The minimum absolute atomic E-state index is 0.0422. The van der Waals surface area contributed by atoms with Crippen molar-refractivity contribution in [3.63, 3.8) is 0 Å². The molecule has 2 aromatic carbocycles. The van der Waals surface area contributed by atoms with Crippen LogP contribution in [0.3, 0.4) is 0 Å². The Hall–Kier alpha value is -3.14. The number of piperidine rings is 1. The van der Waals surface area contributed by atoms with Gasteiger partial charge in [-0.2, -0.15) is 0 Å². The van der Waals surface area contributed by atoms with Gasteiger partial charge in [0.15, 0.2) is 0 Å². The number of hydrogen-bond acceptors (Lipinski definition) is 3. The zero-order valence-electron chi connectivity index (χ0n) is 16.0. The third kappa shape index (κ3) is 4.22. The number of amides is 1. The Morgan fingerprint density at radius 2 is 1.50 bits per heavy atom. The molecular formula is C24H25N3O. The van der Waals surface area contributed by atoms with E-state index >= 15 is 0 Å². The zero-order chi connectivity index (χ0) is 19.2. The van der Waals surface area contributed by atoms with Crippen LogP contribution in [0.2, 0.25) is 0 Å². The highest BCUT2D eigenvalue weighted by atomic mass is 16.2. The molecule has 0 saturated carbocycles. The third-order valence-corrected chi connectivity index (χ3v) is 5.17. The van der Waals surface area contributed by atoms with E-state index in [1.807, 2.05) is 47.5 Å². The Labute approximate surface area is 166 Å². The molecule has 1 saturated heterocycles. The average molecular weight is 371 g/mol. The summed E-state index contributed by atoms with van der Waals surface area (Å²) in [5, 5.41) is 0. The Morgan fingerprint density at radius 3 is 2.14 bits per heavy atom. The monoisotopic (exact) mass is 371 g/mol. The second-order valence-electron chi connectivity index (χ2n) is 7.16. The van der Waals surface area contributed by atoms with Crippen molar-refractivity contribution in [2.75, 3.05) is 18.0 Å². The second-order valence-corrected chi connectivity index (χ2v) is 7.16. The summed E-state index contributed by atoms with van der Waals surface area (Å²) in [6.45, 7) is 2.42. The molecule has 0 aliphatic carbocycles. The van der Waals surface area contributed by atoms with Crippen LogP contribution in [0.1, 0.15) is 35.3 Å². The van der Waals surface area contributed by atoms with Crippen LogP contribution >= 0.6 is 0 Å². The first-order valence-electron chi connectivity index (χ1n) is 9.93. The normalized spacial score (nSPS) is 13.9. The first-order valence-corrected chi connectivity index (χ1v) is 9.93. The SMILES string of the molecule is O=C(c1ccc(N(Cc2ccccc2)c2ccccc2)cn1)N1CCCCC1. The molecule has 0 atom stereocenters. The van der Waals surface area contributed by atoms with Crippen LogP contribution in [-0.2, 0) is 6.54 Å². The minimum atomic E-state index is 0.0422. The predicted molar refractivity (Wildman–Crippen MR) is 113 cm³/mol. The lowest BCUT2D eigenvalue weighted by Crippen LogP contribution is -2.36. The molecule has 0 radical (unpaired) electrons. The zero-order valence-corrected chi connectivity index (χ0v) is 16.0. The summed E-state index contributed by atoms with van der Waals surface area (Å²) in [5.41, 5.74) is 3.83. The average Bonchev–Trinajstić information content (AvgIpc) is 2.79. The first kappa shape index (κ1) is 18.2. The molecule has 1 amide bonds. The molecule has 1 aromatic heterocycles. The lowest BCUT2D eigenvalue weighted by atomic mass is 10.1. The van der Waals surface area contributed by atoms with Crippen LogP contribution in [0.4, 0.5) is 11.4 Å². The molecule has 3 aromatic rings. The number of benzene rings is 2. The molecule has 0 bridgehead atoms. The van der Waals surface area contributed by atoms with Crippen molar-refractivity contribution in [2.45, 2.75) is 25.8 Å². The molecule has 1 aliphatic heterocycles. The number of para-hydroxylation sites is 1. The molecule has 28 heavy (non-hydrogen) atoms. The number of aromatic nitrogens is 1. The molecule has 142 valence electrons. The summed E-state index contributed by atoms with van der Waals surface area (Å²) in [4.78, 5) is 21.3. The highest BCUT2D eigenvalue weighted by Gasteiger charge is 2.19. The maximum Gasteiger partial charge on any atom is 0.272 e. The molecule has 4 nitrogen and oxygen atoms in total. The number of carbonyl (C=O) groups excluding carboxylic acids is 1. The van der Waals surface area contributed by atoms with E-state index in [9.17, 15) is 4.79 Å². The third-order valence-electron chi connectivity index (χ3n) is 5.17. The van der Waals surface area contributed by atoms with Crippen LogP contribution in [0.15, 0.2) is 79.0 Å². The standard InChI is InChI=1S/C24H25N3O/c28-24(26-16-8-3-9-17-26)23-15-14-22(18-25-23)27(21-12-6-2-7-13-21)19-20-10-4-1-5-11-20/h1-2,4-7,10-15,18H,3,8-9,16-17,19H2. The van der Waals surface area contributed by atoms with Crippen molar-refractivity contribution >= 4 is 17.3 Å². The lowest BCUT2D eigenvalue weighted by Gasteiger charge is -2.27.